The van der Waals surface area contributed by atoms with Crippen molar-refractivity contribution in [1.29, 1.82) is 0 Å². The summed E-state index contributed by atoms with van der Waals surface area (Å²) < 4.78 is 6.84. The van der Waals surface area contributed by atoms with E-state index in [-0.39, 0.29) is 0 Å². The molecule has 0 saturated heterocycles. The molecule has 8 heteroatoms. The first-order chi connectivity index (χ1) is 9.02. The van der Waals surface area contributed by atoms with Gasteiger partial charge in [0.15, 0.2) is 16.7 Å². The number of carbonyl (C=O) groups is 1. The van der Waals surface area contributed by atoms with E-state index in [1.807, 2.05) is 11.5 Å². The fourth-order valence-electron chi connectivity index (χ4n) is 1.53. The molecule has 102 valence electrons. The highest BCUT2D eigenvalue weighted by molar-refractivity contribution is 8.00. The first-order valence-electron chi connectivity index (χ1n) is 5.79. The summed E-state index contributed by atoms with van der Waals surface area (Å²) in [6.07, 6.45) is 0. The van der Waals surface area contributed by atoms with Crippen LogP contribution < -0.4 is 0 Å². The van der Waals surface area contributed by atoms with E-state index in [2.05, 4.69) is 15.4 Å². The van der Waals surface area contributed by atoms with E-state index in [0.717, 1.165) is 11.8 Å². The van der Waals surface area contributed by atoms with Crippen LogP contribution in [0, 0.1) is 6.92 Å². The molecule has 0 aliphatic rings. The highest BCUT2D eigenvalue weighted by atomic mass is 32.2. The summed E-state index contributed by atoms with van der Waals surface area (Å²) in [6, 6.07) is 1.77. The Bertz CT molecular complexity index is 593. The van der Waals surface area contributed by atoms with E-state index in [1.54, 1.807) is 19.9 Å². The lowest BCUT2D eigenvalue weighted by atomic mass is 10.3. The number of carboxylic acids is 1. The second-order valence-electron chi connectivity index (χ2n) is 3.97. The van der Waals surface area contributed by atoms with Crippen LogP contribution in [0.15, 0.2) is 15.7 Å². The summed E-state index contributed by atoms with van der Waals surface area (Å²) in [5.74, 6) is 0.391. The monoisotopic (exact) mass is 282 g/mol. The SMILES string of the molecule is CCn1c(SC(C)C(=O)O)nnc1-c1cc(C)on1. The number of hydrogen-bond donors (Lipinski definition) is 1. The lowest BCUT2D eigenvalue weighted by Crippen LogP contribution is -2.13. The average molecular weight is 282 g/mol. The van der Waals surface area contributed by atoms with E-state index >= 15 is 0 Å². The molecule has 0 aliphatic carbocycles. The van der Waals surface area contributed by atoms with Crippen molar-refractivity contribution in [3.8, 4) is 11.5 Å². The van der Waals surface area contributed by atoms with Gasteiger partial charge in [-0.2, -0.15) is 0 Å². The third-order valence-electron chi connectivity index (χ3n) is 2.52. The van der Waals surface area contributed by atoms with Crippen LogP contribution >= 0.6 is 11.8 Å². The van der Waals surface area contributed by atoms with E-state index in [1.165, 1.54) is 0 Å². The number of thioether (sulfide) groups is 1. The van der Waals surface area contributed by atoms with Crippen molar-refractivity contribution in [1.82, 2.24) is 19.9 Å². The third kappa shape index (κ3) is 2.78. The minimum atomic E-state index is -0.880. The summed E-state index contributed by atoms with van der Waals surface area (Å²) >= 11 is 1.16. The molecule has 7 nitrogen and oxygen atoms in total. The van der Waals surface area contributed by atoms with Gasteiger partial charge < -0.3 is 14.2 Å². The van der Waals surface area contributed by atoms with Crippen LogP contribution in [0.3, 0.4) is 0 Å². The summed E-state index contributed by atoms with van der Waals surface area (Å²) in [7, 11) is 0. The minimum absolute atomic E-state index is 0.563. The molecule has 0 saturated carbocycles. The molecule has 0 aliphatic heterocycles. The summed E-state index contributed by atoms with van der Waals surface area (Å²) in [4.78, 5) is 10.9. The largest absolute Gasteiger partial charge is 0.480 e. The molecule has 1 N–H and O–H groups in total. The molecular weight excluding hydrogens is 268 g/mol. The van der Waals surface area contributed by atoms with Gasteiger partial charge in [0.25, 0.3) is 0 Å². The van der Waals surface area contributed by atoms with Crippen LogP contribution in [-0.2, 0) is 11.3 Å². The smallest absolute Gasteiger partial charge is 0.316 e. The Labute approximate surface area is 114 Å². The van der Waals surface area contributed by atoms with Gasteiger partial charge in [-0.3, -0.25) is 4.79 Å². The Morgan fingerprint density at radius 3 is 2.84 bits per heavy atom. The fourth-order valence-corrected chi connectivity index (χ4v) is 2.38. The first-order valence-corrected chi connectivity index (χ1v) is 6.67. The molecule has 0 fully saturated rings. The maximum Gasteiger partial charge on any atom is 0.316 e. The van der Waals surface area contributed by atoms with Gasteiger partial charge in [0.2, 0.25) is 0 Å². The molecule has 2 aromatic heterocycles. The minimum Gasteiger partial charge on any atom is -0.480 e. The molecule has 2 rings (SSSR count). The Morgan fingerprint density at radius 1 is 1.58 bits per heavy atom. The molecule has 0 aromatic carbocycles. The molecule has 0 bridgehead atoms. The van der Waals surface area contributed by atoms with Crippen molar-refractivity contribution < 1.29 is 14.4 Å². The van der Waals surface area contributed by atoms with Crippen molar-refractivity contribution in [2.24, 2.45) is 0 Å². The molecule has 19 heavy (non-hydrogen) atoms. The fraction of sp³-hybridized carbons (Fsp3) is 0.455. The Hall–Kier alpha value is -1.83. The summed E-state index contributed by atoms with van der Waals surface area (Å²) in [6.45, 7) is 5.98. The van der Waals surface area contributed by atoms with Gasteiger partial charge in [-0.15, -0.1) is 10.2 Å². The Balaban J connectivity index is 2.33. The van der Waals surface area contributed by atoms with Gasteiger partial charge in [-0.25, -0.2) is 0 Å². The van der Waals surface area contributed by atoms with Gasteiger partial charge in [0.05, 0.1) is 0 Å². The molecule has 2 aromatic rings. The summed E-state index contributed by atoms with van der Waals surface area (Å²) in [5.41, 5.74) is 0.599. The second-order valence-corrected chi connectivity index (χ2v) is 5.28. The van der Waals surface area contributed by atoms with Crippen LogP contribution in [-0.4, -0.2) is 36.2 Å². The van der Waals surface area contributed by atoms with Crippen molar-refractivity contribution in [3.05, 3.63) is 11.8 Å². The number of hydrogen-bond acceptors (Lipinski definition) is 6. The van der Waals surface area contributed by atoms with Crippen molar-refractivity contribution in [3.63, 3.8) is 0 Å². The molecule has 0 radical (unpaired) electrons. The molecule has 2 heterocycles. The molecule has 1 atom stereocenters. The van der Waals surface area contributed by atoms with Crippen LogP contribution in [0.4, 0.5) is 0 Å². The number of nitrogens with zero attached hydrogens (tertiary/aromatic N) is 4. The van der Waals surface area contributed by atoms with Gasteiger partial charge in [-0.05, 0) is 20.8 Å². The van der Waals surface area contributed by atoms with E-state index in [9.17, 15) is 4.79 Å². The maximum absolute atomic E-state index is 10.9. The zero-order valence-electron chi connectivity index (χ0n) is 10.8. The normalized spacial score (nSPS) is 12.6. The van der Waals surface area contributed by atoms with Crippen LogP contribution in [0.1, 0.15) is 19.6 Å². The number of aliphatic carboxylic acids is 1. The van der Waals surface area contributed by atoms with Crippen molar-refractivity contribution in [2.45, 2.75) is 37.7 Å². The van der Waals surface area contributed by atoms with Crippen LogP contribution in [0.2, 0.25) is 0 Å². The predicted octanol–water partition coefficient (Wildman–Crippen LogP) is 1.83. The van der Waals surface area contributed by atoms with Crippen LogP contribution in [0.25, 0.3) is 11.5 Å². The van der Waals surface area contributed by atoms with E-state index in [4.69, 9.17) is 9.63 Å². The lowest BCUT2D eigenvalue weighted by molar-refractivity contribution is -0.136. The zero-order valence-corrected chi connectivity index (χ0v) is 11.6. The number of rotatable bonds is 5. The number of aryl methyl sites for hydroxylation is 1. The average Bonchev–Trinajstić information content (AvgIpc) is 2.94. The molecule has 0 spiro atoms. The predicted molar refractivity (Wildman–Crippen MR) is 68.9 cm³/mol. The maximum atomic E-state index is 10.9. The van der Waals surface area contributed by atoms with Crippen molar-refractivity contribution in [2.75, 3.05) is 0 Å². The standard InChI is InChI=1S/C11H14N4O3S/c1-4-15-9(8-5-6(2)18-14-8)12-13-11(15)19-7(3)10(16)17/h5,7H,4H2,1-3H3,(H,16,17). The van der Waals surface area contributed by atoms with Gasteiger partial charge >= 0.3 is 5.97 Å². The molecule has 1 unspecified atom stereocenters. The number of aromatic nitrogens is 4. The first kappa shape index (κ1) is 13.6. The third-order valence-corrected chi connectivity index (χ3v) is 3.59. The highest BCUT2D eigenvalue weighted by Crippen LogP contribution is 2.26. The van der Waals surface area contributed by atoms with Crippen molar-refractivity contribution >= 4 is 17.7 Å². The van der Waals surface area contributed by atoms with Gasteiger partial charge in [0, 0.05) is 12.6 Å². The van der Waals surface area contributed by atoms with Gasteiger partial charge in [-0.1, -0.05) is 16.9 Å². The number of carboxylic acid groups (broad SMARTS) is 1. The van der Waals surface area contributed by atoms with Crippen LogP contribution in [0.5, 0.6) is 0 Å². The summed E-state index contributed by atoms with van der Waals surface area (Å²) in [5, 5.41) is 20.9. The zero-order chi connectivity index (χ0) is 14.0. The highest BCUT2D eigenvalue weighted by Gasteiger charge is 2.20. The molecule has 0 amide bonds. The topological polar surface area (TPSA) is 94.0 Å². The Morgan fingerprint density at radius 2 is 2.32 bits per heavy atom. The molecular formula is C11H14N4O3S. The van der Waals surface area contributed by atoms with E-state index < -0.39 is 11.2 Å². The Kier molecular flexibility index (Phi) is 3.89. The van der Waals surface area contributed by atoms with Gasteiger partial charge in [0.1, 0.15) is 11.0 Å². The second kappa shape index (κ2) is 5.43. The lowest BCUT2D eigenvalue weighted by Gasteiger charge is -2.07. The van der Waals surface area contributed by atoms with E-state index in [0.29, 0.717) is 29.0 Å². The quantitative estimate of drug-likeness (QED) is 0.836.